The molecular weight excluding hydrogens is 162 g/mol. The van der Waals surface area contributed by atoms with Crippen LogP contribution in [0.15, 0.2) is 12.1 Å². The molecule has 0 amide bonds. The lowest BCUT2D eigenvalue weighted by Gasteiger charge is -1.93. The normalized spacial score (nSPS) is 14.8. The molecule has 1 aliphatic carbocycles. The van der Waals surface area contributed by atoms with E-state index in [2.05, 4.69) is 22.0 Å². The van der Waals surface area contributed by atoms with Crippen molar-refractivity contribution in [3.63, 3.8) is 0 Å². The summed E-state index contributed by atoms with van der Waals surface area (Å²) in [5.74, 6) is 6.24. The van der Waals surface area contributed by atoms with Gasteiger partial charge in [0.2, 0.25) is 0 Å². The van der Waals surface area contributed by atoms with Crippen LogP contribution in [0.5, 0.6) is 0 Å². The van der Waals surface area contributed by atoms with Gasteiger partial charge in [0.1, 0.15) is 5.69 Å². The highest BCUT2D eigenvalue weighted by molar-refractivity contribution is 5.28. The number of aromatic nitrogens is 2. The van der Waals surface area contributed by atoms with Crippen molar-refractivity contribution in [3.8, 4) is 11.8 Å². The molecule has 1 saturated carbocycles. The molecule has 1 fully saturated rings. The van der Waals surface area contributed by atoms with Gasteiger partial charge in [0.15, 0.2) is 0 Å². The quantitative estimate of drug-likeness (QED) is 0.635. The van der Waals surface area contributed by atoms with Crippen LogP contribution in [-0.4, -0.2) is 16.7 Å². The highest BCUT2D eigenvalue weighted by Crippen LogP contribution is 2.38. The number of hydrogen-bond donors (Lipinski definition) is 1. The SMILES string of the molecule is NCC#Cc1ccc(C2CC2)nn1. The summed E-state index contributed by atoms with van der Waals surface area (Å²) in [6.07, 6.45) is 2.50. The summed E-state index contributed by atoms with van der Waals surface area (Å²) in [6.45, 7) is 0.367. The number of nitrogens with two attached hydrogens (primary N) is 1. The van der Waals surface area contributed by atoms with E-state index >= 15 is 0 Å². The van der Waals surface area contributed by atoms with Gasteiger partial charge in [-0.3, -0.25) is 0 Å². The number of nitrogens with zero attached hydrogens (tertiary/aromatic N) is 2. The summed E-state index contributed by atoms with van der Waals surface area (Å²) in [6, 6.07) is 3.91. The molecule has 2 rings (SSSR count). The van der Waals surface area contributed by atoms with Crippen molar-refractivity contribution < 1.29 is 0 Å². The van der Waals surface area contributed by atoms with Crippen molar-refractivity contribution in [2.45, 2.75) is 18.8 Å². The summed E-state index contributed by atoms with van der Waals surface area (Å²) < 4.78 is 0. The highest BCUT2D eigenvalue weighted by Gasteiger charge is 2.24. The van der Waals surface area contributed by atoms with Crippen LogP contribution in [0.25, 0.3) is 0 Å². The first-order valence-electron chi connectivity index (χ1n) is 4.42. The highest BCUT2D eigenvalue weighted by atomic mass is 15.1. The van der Waals surface area contributed by atoms with Gasteiger partial charge >= 0.3 is 0 Å². The number of rotatable bonds is 1. The average molecular weight is 173 g/mol. The molecule has 2 N–H and O–H groups in total. The lowest BCUT2D eigenvalue weighted by atomic mass is 10.2. The maximum absolute atomic E-state index is 5.24. The van der Waals surface area contributed by atoms with Gasteiger partial charge in [-0.15, -0.1) is 5.10 Å². The lowest BCUT2D eigenvalue weighted by molar-refractivity contribution is 0.902. The Labute approximate surface area is 77.4 Å². The second-order valence-corrected chi connectivity index (χ2v) is 3.12. The van der Waals surface area contributed by atoms with E-state index in [9.17, 15) is 0 Å². The Bertz CT molecular complexity index is 341. The molecule has 1 aromatic rings. The van der Waals surface area contributed by atoms with Crippen molar-refractivity contribution in [2.24, 2.45) is 5.73 Å². The molecule has 0 atom stereocenters. The van der Waals surface area contributed by atoms with E-state index in [-0.39, 0.29) is 0 Å². The van der Waals surface area contributed by atoms with Gasteiger partial charge in [-0.25, -0.2) is 0 Å². The first-order chi connectivity index (χ1) is 6.40. The number of hydrogen-bond acceptors (Lipinski definition) is 3. The van der Waals surface area contributed by atoms with Gasteiger partial charge < -0.3 is 5.73 Å². The minimum absolute atomic E-state index is 0.367. The third-order valence-electron chi connectivity index (χ3n) is 2.00. The maximum Gasteiger partial charge on any atom is 0.135 e. The molecule has 66 valence electrons. The second kappa shape index (κ2) is 3.55. The van der Waals surface area contributed by atoms with Crippen LogP contribution in [0.1, 0.15) is 30.1 Å². The van der Waals surface area contributed by atoms with Crippen LogP contribution in [0.4, 0.5) is 0 Å². The fourth-order valence-electron chi connectivity index (χ4n) is 1.15. The molecule has 0 radical (unpaired) electrons. The van der Waals surface area contributed by atoms with E-state index in [1.165, 1.54) is 12.8 Å². The first-order valence-corrected chi connectivity index (χ1v) is 4.42. The topological polar surface area (TPSA) is 51.8 Å². The molecule has 1 aliphatic rings. The van der Waals surface area contributed by atoms with Crippen LogP contribution in [-0.2, 0) is 0 Å². The monoisotopic (exact) mass is 173 g/mol. The molecule has 0 bridgehead atoms. The molecule has 3 heteroatoms. The van der Waals surface area contributed by atoms with Crippen LogP contribution < -0.4 is 5.73 Å². The molecule has 0 aromatic carbocycles. The maximum atomic E-state index is 5.24. The molecule has 1 heterocycles. The van der Waals surface area contributed by atoms with Crippen LogP contribution in [0, 0.1) is 11.8 Å². The first kappa shape index (κ1) is 8.21. The molecule has 0 aliphatic heterocycles. The van der Waals surface area contributed by atoms with Gasteiger partial charge in [-0.2, -0.15) is 5.10 Å². The Kier molecular flexibility index (Phi) is 2.24. The van der Waals surface area contributed by atoms with E-state index in [0.717, 1.165) is 5.69 Å². The summed E-state index contributed by atoms with van der Waals surface area (Å²) in [5.41, 5.74) is 7.04. The third-order valence-corrected chi connectivity index (χ3v) is 2.00. The van der Waals surface area contributed by atoms with Crippen molar-refractivity contribution in [1.82, 2.24) is 10.2 Å². The van der Waals surface area contributed by atoms with E-state index < -0.39 is 0 Å². The van der Waals surface area contributed by atoms with Gasteiger partial charge in [-0.1, -0.05) is 5.92 Å². The van der Waals surface area contributed by atoms with Gasteiger partial charge in [0, 0.05) is 5.92 Å². The molecule has 13 heavy (non-hydrogen) atoms. The van der Waals surface area contributed by atoms with Crippen molar-refractivity contribution >= 4 is 0 Å². The Morgan fingerprint density at radius 2 is 2.23 bits per heavy atom. The molecule has 0 spiro atoms. The largest absolute Gasteiger partial charge is 0.320 e. The molecule has 0 saturated heterocycles. The van der Waals surface area contributed by atoms with Gasteiger partial charge in [0.25, 0.3) is 0 Å². The van der Waals surface area contributed by atoms with Crippen molar-refractivity contribution in [1.29, 1.82) is 0 Å². The lowest BCUT2D eigenvalue weighted by Crippen LogP contribution is -1.95. The predicted octanol–water partition coefficient (Wildman–Crippen LogP) is 0.664. The fourth-order valence-corrected chi connectivity index (χ4v) is 1.15. The third kappa shape index (κ3) is 2.04. The van der Waals surface area contributed by atoms with E-state index in [4.69, 9.17) is 5.73 Å². The Hall–Kier alpha value is -1.40. The Balaban J connectivity index is 2.13. The summed E-state index contributed by atoms with van der Waals surface area (Å²) >= 11 is 0. The minimum Gasteiger partial charge on any atom is -0.320 e. The average Bonchev–Trinajstić information content (AvgIpc) is 2.99. The zero-order chi connectivity index (χ0) is 9.10. The zero-order valence-corrected chi connectivity index (χ0v) is 7.33. The predicted molar refractivity (Wildman–Crippen MR) is 49.9 cm³/mol. The van der Waals surface area contributed by atoms with Crippen molar-refractivity contribution in [3.05, 3.63) is 23.5 Å². The zero-order valence-electron chi connectivity index (χ0n) is 7.33. The van der Waals surface area contributed by atoms with E-state index in [1.807, 2.05) is 12.1 Å². The van der Waals surface area contributed by atoms with Gasteiger partial charge in [-0.05, 0) is 30.9 Å². The van der Waals surface area contributed by atoms with E-state index in [0.29, 0.717) is 18.2 Å². The summed E-state index contributed by atoms with van der Waals surface area (Å²) in [5, 5.41) is 8.10. The smallest absolute Gasteiger partial charge is 0.135 e. The molecule has 1 aromatic heterocycles. The molecule has 0 unspecified atom stereocenters. The second-order valence-electron chi connectivity index (χ2n) is 3.12. The molecule has 3 nitrogen and oxygen atoms in total. The standard InChI is InChI=1S/C10H11N3/c11-7-1-2-9-5-6-10(13-12-9)8-3-4-8/h5-6,8H,3-4,7,11H2. The van der Waals surface area contributed by atoms with Gasteiger partial charge in [0.05, 0.1) is 12.2 Å². The Morgan fingerprint density at radius 3 is 2.77 bits per heavy atom. The molecular formula is C10H11N3. The summed E-state index contributed by atoms with van der Waals surface area (Å²) in [7, 11) is 0. The Morgan fingerprint density at radius 1 is 1.38 bits per heavy atom. The van der Waals surface area contributed by atoms with Crippen LogP contribution in [0.2, 0.25) is 0 Å². The summed E-state index contributed by atoms with van der Waals surface area (Å²) in [4.78, 5) is 0. The van der Waals surface area contributed by atoms with E-state index in [1.54, 1.807) is 0 Å². The van der Waals surface area contributed by atoms with Crippen molar-refractivity contribution in [2.75, 3.05) is 6.54 Å². The minimum atomic E-state index is 0.367. The van der Waals surface area contributed by atoms with Crippen LogP contribution in [0.3, 0.4) is 0 Å². The fraction of sp³-hybridized carbons (Fsp3) is 0.400. The van der Waals surface area contributed by atoms with Crippen LogP contribution >= 0.6 is 0 Å².